The van der Waals surface area contributed by atoms with Gasteiger partial charge in [0.05, 0.1) is 0 Å². The molecule has 0 saturated carbocycles. The Morgan fingerprint density at radius 3 is 1.25 bits per heavy atom. The lowest BCUT2D eigenvalue weighted by Crippen LogP contribution is -2.30. The second-order valence-electron chi connectivity index (χ2n) is 15.7. The van der Waals surface area contributed by atoms with Crippen molar-refractivity contribution in [2.75, 3.05) is 13.2 Å². The van der Waals surface area contributed by atoms with Gasteiger partial charge < -0.3 is 14.2 Å². The summed E-state index contributed by atoms with van der Waals surface area (Å²) in [7, 11) is 0. The average Bonchev–Trinajstić information content (AvgIpc) is 3.23. The van der Waals surface area contributed by atoms with Gasteiger partial charge in [-0.15, -0.1) is 0 Å². The highest BCUT2D eigenvalue weighted by molar-refractivity contribution is 5.71. The summed E-state index contributed by atoms with van der Waals surface area (Å²) in [4.78, 5) is 37.8. The van der Waals surface area contributed by atoms with Crippen LogP contribution in [0.4, 0.5) is 0 Å². The number of hydrogen-bond donors (Lipinski definition) is 0. The summed E-state index contributed by atoms with van der Waals surface area (Å²) in [5.41, 5.74) is 0. The van der Waals surface area contributed by atoms with Gasteiger partial charge in [-0.05, 0) is 89.9 Å². The molecule has 1 unspecified atom stereocenters. The van der Waals surface area contributed by atoms with E-state index in [0.717, 1.165) is 103 Å². The molecule has 0 fully saturated rings. The Labute approximate surface area is 363 Å². The van der Waals surface area contributed by atoms with E-state index in [-0.39, 0.29) is 31.1 Å². The molecular weight excluding hydrogens is 733 g/mol. The summed E-state index contributed by atoms with van der Waals surface area (Å²) in [5, 5.41) is 0. The van der Waals surface area contributed by atoms with E-state index >= 15 is 0 Å². The molecule has 0 heterocycles. The Balaban J connectivity index is 4.48. The third-order valence-electron chi connectivity index (χ3n) is 9.96. The highest BCUT2D eigenvalue weighted by atomic mass is 16.6. The fourth-order valence-corrected chi connectivity index (χ4v) is 6.37. The van der Waals surface area contributed by atoms with Crippen molar-refractivity contribution >= 4 is 17.9 Å². The van der Waals surface area contributed by atoms with Crippen LogP contribution in [0.2, 0.25) is 0 Å². The number of unbranched alkanes of at least 4 members (excludes halogenated alkanes) is 20. The molecule has 0 spiro atoms. The molecule has 0 aromatic rings. The van der Waals surface area contributed by atoms with Gasteiger partial charge >= 0.3 is 17.9 Å². The fourth-order valence-electron chi connectivity index (χ4n) is 6.37. The average molecular weight is 821 g/mol. The minimum Gasteiger partial charge on any atom is -0.462 e. The minimum absolute atomic E-state index is 0.100. The molecule has 0 aliphatic carbocycles. The number of esters is 3. The van der Waals surface area contributed by atoms with Gasteiger partial charge in [-0.3, -0.25) is 14.4 Å². The van der Waals surface area contributed by atoms with Crippen LogP contribution in [-0.4, -0.2) is 37.2 Å². The lowest BCUT2D eigenvalue weighted by molar-refractivity contribution is -0.167. The Kier molecular flexibility index (Phi) is 44.5. The lowest BCUT2D eigenvalue weighted by atomic mass is 10.1. The molecular formula is C53H88O6. The topological polar surface area (TPSA) is 78.9 Å². The first-order valence-corrected chi connectivity index (χ1v) is 24.1. The first-order chi connectivity index (χ1) is 29.0. The monoisotopic (exact) mass is 821 g/mol. The highest BCUT2D eigenvalue weighted by Gasteiger charge is 2.19. The van der Waals surface area contributed by atoms with Crippen molar-refractivity contribution in [2.24, 2.45) is 0 Å². The van der Waals surface area contributed by atoms with Crippen molar-refractivity contribution in [3.63, 3.8) is 0 Å². The summed E-state index contributed by atoms with van der Waals surface area (Å²) in [6.07, 6.45) is 59.9. The molecule has 0 saturated heterocycles. The van der Waals surface area contributed by atoms with Crippen molar-refractivity contribution in [3.8, 4) is 0 Å². The minimum atomic E-state index is -0.802. The molecule has 0 aromatic carbocycles. The third-order valence-corrected chi connectivity index (χ3v) is 9.96. The van der Waals surface area contributed by atoms with Crippen molar-refractivity contribution < 1.29 is 28.6 Å². The van der Waals surface area contributed by atoms with Crippen LogP contribution in [0.3, 0.4) is 0 Å². The SMILES string of the molecule is CC\C=C/C=C\C=C/C=C\CCCCCC(=O)OCC(COC(=O)CCCCCCCCC/C=C\C/C=C\CC)OC(=O)CCCCC/C=C\CCCCCCCCC. The van der Waals surface area contributed by atoms with Crippen LogP contribution in [-0.2, 0) is 28.6 Å². The second-order valence-corrected chi connectivity index (χ2v) is 15.7. The van der Waals surface area contributed by atoms with Gasteiger partial charge in [0.2, 0.25) is 0 Å². The van der Waals surface area contributed by atoms with E-state index in [2.05, 4.69) is 69.4 Å². The third kappa shape index (κ3) is 45.5. The lowest BCUT2D eigenvalue weighted by Gasteiger charge is -2.18. The first kappa shape index (κ1) is 55.6. The molecule has 6 heteroatoms. The molecule has 0 aliphatic rings. The highest BCUT2D eigenvalue weighted by Crippen LogP contribution is 2.13. The molecule has 0 N–H and O–H groups in total. The molecule has 0 amide bonds. The van der Waals surface area contributed by atoms with E-state index in [0.29, 0.717) is 19.3 Å². The zero-order chi connectivity index (χ0) is 43.0. The van der Waals surface area contributed by atoms with Gasteiger partial charge in [-0.25, -0.2) is 0 Å². The maximum absolute atomic E-state index is 12.8. The van der Waals surface area contributed by atoms with Gasteiger partial charge in [-0.1, -0.05) is 189 Å². The van der Waals surface area contributed by atoms with Crippen LogP contribution in [0.5, 0.6) is 0 Å². The van der Waals surface area contributed by atoms with E-state index in [1.54, 1.807) is 0 Å². The normalized spacial score (nSPS) is 12.8. The van der Waals surface area contributed by atoms with E-state index in [1.807, 2.05) is 36.5 Å². The number of hydrogen-bond acceptors (Lipinski definition) is 6. The largest absolute Gasteiger partial charge is 0.462 e. The van der Waals surface area contributed by atoms with Crippen LogP contribution in [0.1, 0.15) is 213 Å². The summed E-state index contributed by atoms with van der Waals surface area (Å²) >= 11 is 0. The van der Waals surface area contributed by atoms with Crippen LogP contribution >= 0.6 is 0 Å². The van der Waals surface area contributed by atoms with Gasteiger partial charge in [0.1, 0.15) is 13.2 Å². The standard InChI is InChI=1S/C53H88O6/c1-4-7-10-13-16-19-22-25-28-31-34-37-40-43-46-52(55)58-49-50(48-57-51(54)45-42-39-36-33-30-27-24-21-18-15-12-9-6-3)59-53(56)47-44-41-38-35-32-29-26-23-20-17-14-11-8-5-2/h7,9-10,12,15-16,18-19,21,24,27,29-30,32,50H,4-6,8,11,13-14,17,20,22-23,25-26,28,31,33-49H2,1-3H3/b10-7-,12-9-,18-15-,19-16-,24-21-,30-27-,32-29-. The molecule has 6 nitrogen and oxygen atoms in total. The number of carbonyl (C=O) groups is 3. The second kappa shape index (κ2) is 47.3. The predicted molar refractivity (Wildman–Crippen MR) is 251 cm³/mol. The Morgan fingerprint density at radius 2 is 0.746 bits per heavy atom. The van der Waals surface area contributed by atoms with Gasteiger partial charge in [0.25, 0.3) is 0 Å². The Morgan fingerprint density at radius 1 is 0.373 bits per heavy atom. The summed E-state index contributed by atoms with van der Waals surface area (Å²) in [6.45, 7) is 6.32. The van der Waals surface area contributed by atoms with E-state index < -0.39 is 6.10 Å². The maximum Gasteiger partial charge on any atom is 0.306 e. The summed E-state index contributed by atoms with van der Waals surface area (Å²) in [5.74, 6) is -0.969. The fraction of sp³-hybridized carbons (Fsp3) is 0.679. The molecule has 1 atom stereocenters. The molecule has 336 valence electrons. The molecule has 0 radical (unpaired) electrons. The molecule has 0 rings (SSSR count). The van der Waals surface area contributed by atoms with Crippen molar-refractivity contribution in [2.45, 2.75) is 219 Å². The first-order valence-electron chi connectivity index (χ1n) is 24.1. The quantitative estimate of drug-likeness (QED) is 0.0201. The van der Waals surface area contributed by atoms with Gasteiger partial charge in [-0.2, -0.15) is 0 Å². The Bertz CT molecular complexity index is 1170. The van der Waals surface area contributed by atoms with E-state index in [4.69, 9.17) is 14.2 Å². The number of allylic oxidation sites excluding steroid dienone is 14. The molecule has 0 aromatic heterocycles. The zero-order valence-electron chi connectivity index (χ0n) is 38.2. The van der Waals surface area contributed by atoms with E-state index in [1.165, 1.54) is 70.6 Å². The summed E-state index contributed by atoms with van der Waals surface area (Å²) in [6, 6.07) is 0. The number of carbonyl (C=O) groups excluding carboxylic acids is 3. The van der Waals surface area contributed by atoms with Crippen LogP contribution in [0.25, 0.3) is 0 Å². The predicted octanol–water partition coefficient (Wildman–Crippen LogP) is 15.6. The van der Waals surface area contributed by atoms with Crippen molar-refractivity contribution in [3.05, 3.63) is 85.1 Å². The Hall–Kier alpha value is -3.41. The molecule has 0 aliphatic heterocycles. The van der Waals surface area contributed by atoms with Crippen molar-refractivity contribution in [1.29, 1.82) is 0 Å². The van der Waals surface area contributed by atoms with Crippen LogP contribution in [0.15, 0.2) is 85.1 Å². The molecule has 0 bridgehead atoms. The van der Waals surface area contributed by atoms with E-state index in [9.17, 15) is 14.4 Å². The van der Waals surface area contributed by atoms with Crippen LogP contribution in [0, 0.1) is 0 Å². The number of ether oxygens (including phenoxy) is 3. The summed E-state index contributed by atoms with van der Waals surface area (Å²) < 4.78 is 16.7. The van der Waals surface area contributed by atoms with Crippen LogP contribution < -0.4 is 0 Å². The maximum atomic E-state index is 12.8. The smallest absolute Gasteiger partial charge is 0.306 e. The van der Waals surface area contributed by atoms with Gasteiger partial charge in [0, 0.05) is 19.3 Å². The number of rotatable bonds is 42. The van der Waals surface area contributed by atoms with Crippen molar-refractivity contribution in [1.82, 2.24) is 0 Å². The molecule has 59 heavy (non-hydrogen) atoms. The van der Waals surface area contributed by atoms with Gasteiger partial charge in [0.15, 0.2) is 6.10 Å². The zero-order valence-corrected chi connectivity index (χ0v) is 38.2.